The van der Waals surface area contributed by atoms with E-state index in [1.807, 2.05) is 25.1 Å². The monoisotopic (exact) mass is 349 g/mol. The maximum Gasteiger partial charge on any atom is 0.339 e. The normalized spacial score (nSPS) is 11.8. The second-order valence-electron chi connectivity index (χ2n) is 4.18. The minimum atomic E-state index is -0.276. The van der Waals surface area contributed by atoms with Crippen molar-refractivity contribution >= 4 is 34.3 Å². The predicted molar refractivity (Wildman–Crippen MR) is 84.1 cm³/mol. The van der Waals surface area contributed by atoms with Crippen molar-refractivity contribution in [3.63, 3.8) is 0 Å². The van der Waals surface area contributed by atoms with E-state index in [4.69, 9.17) is 4.74 Å². The van der Waals surface area contributed by atoms with Crippen LogP contribution >= 0.6 is 28.3 Å². The van der Waals surface area contributed by atoms with E-state index in [1.165, 1.54) is 0 Å². The minimum absolute atomic E-state index is 0. The zero-order valence-electron chi connectivity index (χ0n) is 11.6. The number of hydrogen-bond donors (Lipinski definition) is 0. The van der Waals surface area contributed by atoms with Gasteiger partial charge in [0.1, 0.15) is 6.10 Å². The molecule has 0 fully saturated rings. The van der Waals surface area contributed by atoms with Crippen LogP contribution in [0, 0.1) is 0 Å². The van der Waals surface area contributed by atoms with Gasteiger partial charge in [0, 0.05) is 11.0 Å². The van der Waals surface area contributed by atoms with Crippen LogP contribution in [-0.2, 0) is 4.74 Å². The number of halogens is 2. The van der Waals surface area contributed by atoms with Crippen LogP contribution in [0.4, 0.5) is 0 Å². The maximum absolute atomic E-state index is 12.0. The van der Waals surface area contributed by atoms with Gasteiger partial charge in [-0.3, -0.25) is 0 Å². The van der Waals surface area contributed by atoms with E-state index in [9.17, 15) is 4.79 Å². The Morgan fingerprint density at radius 1 is 1.32 bits per heavy atom. The first-order valence-electron chi connectivity index (χ1n) is 6.26. The second kappa shape index (κ2) is 9.34. The molecule has 1 unspecified atom stereocenters. The Morgan fingerprint density at radius 3 is 2.42 bits per heavy atom. The highest BCUT2D eigenvalue weighted by Crippen LogP contribution is 2.17. The Labute approximate surface area is 129 Å². The largest absolute Gasteiger partial charge is 0.458 e. The summed E-state index contributed by atoms with van der Waals surface area (Å²) < 4.78 is 6.21. The lowest BCUT2D eigenvalue weighted by Gasteiger charge is -2.22. The Balaban J connectivity index is 0.00000324. The molecular weight excluding hydrogens is 330 g/mol. The van der Waals surface area contributed by atoms with Crippen molar-refractivity contribution in [1.29, 1.82) is 0 Å². The first-order valence-corrected chi connectivity index (χ1v) is 7.05. The van der Waals surface area contributed by atoms with E-state index in [0.717, 1.165) is 24.1 Å². The predicted octanol–water partition coefficient (Wildman–Crippen LogP) is 3.76. The minimum Gasteiger partial charge on any atom is -0.458 e. The van der Waals surface area contributed by atoms with Crippen molar-refractivity contribution in [2.24, 2.45) is 0 Å². The molecule has 3 nitrogen and oxygen atoms in total. The summed E-state index contributed by atoms with van der Waals surface area (Å²) in [7, 11) is 0. The number of hydrogen-bond acceptors (Lipinski definition) is 3. The number of esters is 1. The SMILES string of the molecule is CCN(CC)CC(C)OC(=O)c1ccccc1Br.Cl. The number of nitrogens with zero attached hydrogens (tertiary/aromatic N) is 1. The fraction of sp³-hybridized carbons (Fsp3) is 0.500. The van der Waals surface area contributed by atoms with E-state index in [-0.39, 0.29) is 24.5 Å². The maximum atomic E-state index is 12.0. The highest BCUT2D eigenvalue weighted by atomic mass is 79.9. The number of carbonyl (C=O) groups is 1. The average molecular weight is 351 g/mol. The van der Waals surface area contributed by atoms with Gasteiger partial charge in [0.25, 0.3) is 0 Å². The molecule has 1 rings (SSSR count). The van der Waals surface area contributed by atoms with Gasteiger partial charge in [-0.05, 0) is 48.1 Å². The van der Waals surface area contributed by atoms with Crippen LogP contribution in [-0.4, -0.2) is 36.6 Å². The number of ether oxygens (including phenoxy) is 1. The summed E-state index contributed by atoms with van der Waals surface area (Å²) in [5, 5.41) is 0. The molecule has 0 heterocycles. The highest BCUT2D eigenvalue weighted by molar-refractivity contribution is 9.10. The third kappa shape index (κ3) is 5.93. The Hall–Kier alpha value is -0.580. The topological polar surface area (TPSA) is 29.5 Å². The molecule has 0 saturated heterocycles. The van der Waals surface area contributed by atoms with Gasteiger partial charge in [-0.2, -0.15) is 0 Å². The van der Waals surface area contributed by atoms with Gasteiger partial charge >= 0.3 is 5.97 Å². The number of carbonyl (C=O) groups excluding carboxylic acids is 1. The summed E-state index contributed by atoms with van der Waals surface area (Å²) >= 11 is 3.35. The zero-order chi connectivity index (χ0) is 13.5. The van der Waals surface area contributed by atoms with Crippen LogP contribution in [0.15, 0.2) is 28.7 Å². The van der Waals surface area contributed by atoms with Gasteiger partial charge in [0.05, 0.1) is 5.56 Å². The summed E-state index contributed by atoms with van der Waals surface area (Å²) in [6.07, 6.45) is -0.107. The van der Waals surface area contributed by atoms with Crippen molar-refractivity contribution in [2.75, 3.05) is 19.6 Å². The third-order valence-corrected chi connectivity index (χ3v) is 3.50. The molecular formula is C14H21BrClNO2. The molecule has 0 bridgehead atoms. The summed E-state index contributed by atoms with van der Waals surface area (Å²) in [5.41, 5.74) is 0.573. The quantitative estimate of drug-likeness (QED) is 0.732. The van der Waals surface area contributed by atoms with Crippen LogP contribution in [0.3, 0.4) is 0 Å². The van der Waals surface area contributed by atoms with Crippen LogP contribution < -0.4 is 0 Å². The lowest BCUT2D eigenvalue weighted by Crippen LogP contribution is -2.33. The van der Waals surface area contributed by atoms with Gasteiger partial charge < -0.3 is 9.64 Å². The highest BCUT2D eigenvalue weighted by Gasteiger charge is 2.15. The first kappa shape index (κ1) is 18.4. The van der Waals surface area contributed by atoms with Crippen molar-refractivity contribution in [3.05, 3.63) is 34.3 Å². The number of likely N-dealkylation sites (N-methyl/N-ethyl adjacent to an activating group) is 1. The summed E-state index contributed by atoms with van der Waals surface area (Å²) in [6.45, 7) is 8.83. The van der Waals surface area contributed by atoms with Gasteiger partial charge in [0.2, 0.25) is 0 Å². The molecule has 0 saturated carbocycles. The fourth-order valence-corrected chi connectivity index (χ4v) is 2.20. The van der Waals surface area contributed by atoms with Crippen molar-refractivity contribution in [1.82, 2.24) is 4.90 Å². The van der Waals surface area contributed by atoms with Gasteiger partial charge in [-0.25, -0.2) is 4.79 Å². The van der Waals surface area contributed by atoms with Crippen LogP contribution in [0.2, 0.25) is 0 Å². The lowest BCUT2D eigenvalue weighted by atomic mass is 10.2. The fourth-order valence-electron chi connectivity index (χ4n) is 1.76. The van der Waals surface area contributed by atoms with E-state index in [1.54, 1.807) is 6.07 Å². The van der Waals surface area contributed by atoms with E-state index < -0.39 is 0 Å². The van der Waals surface area contributed by atoms with Crippen LogP contribution in [0.25, 0.3) is 0 Å². The second-order valence-corrected chi connectivity index (χ2v) is 5.04. The van der Waals surface area contributed by atoms with Gasteiger partial charge in [0.15, 0.2) is 0 Å². The Kier molecular flexibility index (Phi) is 9.06. The van der Waals surface area contributed by atoms with Crippen molar-refractivity contribution in [3.8, 4) is 0 Å². The number of benzene rings is 1. The molecule has 0 radical (unpaired) electrons. The molecule has 0 amide bonds. The van der Waals surface area contributed by atoms with E-state index >= 15 is 0 Å². The molecule has 1 atom stereocenters. The summed E-state index contributed by atoms with van der Waals surface area (Å²) in [5.74, 6) is -0.276. The summed E-state index contributed by atoms with van der Waals surface area (Å²) in [6, 6.07) is 7.30. The number of rotatable bonds is 6. The molecule has 0 aromatic heterocycles. The molecule has 108 valence electrons. The Bertz CT molecular complexity index is 397. The average Bonchev–Trinajstić information content (AvgIpc) is 2.36. The third-order valence-electron chi connectivity index (χ3n) is 2.81. The summed E-state index contributed by atoms with van der Waals surface area (Å²) in [4.78, 5) is 14.2. The molecule has 0 N–H and O–H groups in total. The molecule has 19 heavy (non-hydrogen) atoms. The molecule has 5 heteroatoms. The Morgan fingerprint density at radius 2 is 1.89 bits per heavy atom. The molecule has 0 aliphatic rings. The zero-order valence-corrected chi connectivity index (χ0v) is 14.0. The lowest BCUT2D eigenvalue weighted by molar-refractivity contribution is 0.0259. The first-order chi connectivity index (χ1) is 8.58. The molecule has 0 spiro atoms. The standard InChI is InChI=1S/C14H20BrNO2.ClH/c1-4-16(5-2)10-11(3)18-14(17)12-8-6-7-9-13(12)15;/h6-9,11H,4-5,10H2,1-3H3;1H. The molecule has 1 aromatic rings. The van der Waals surface area contributed by atoms with Crippen molar-refractivity contribution in [2.45, 2.75) is 26.9 Å². The smallest absolute Gasteiger partial charge is 0.339 e. The molecule has 1 aromatic carbocycles. The van der Waals surface area contributed by atoms with Gasteiger partial charge in [-0.15, -0.1) is 12.4 Å². The molecule has 0 aliphatic heterocycles. The molecule has 0 aliphatic carbocycles. The van der Waals surface area contributed by atoms with Crippen LogP contribution in [0.5, 0.6) is 0 Å². The van der Waals surface area contributed by atoms with E-state index in [2.05, 4.69) is 34.7 Å². The van der Waals surface area contributed by atoms with E-state index in [0.29, 0.717) is 5.56 Å². The van der Waals surface area contributed by atoms with Crippen molar-refractivity contribution < 1.29 is 9.53 Å². The van der Waals surface area contributed by atoms with Crippen LogP contribution in [0.1, 0.15) is 31.1 Å². The van der Waals surface area contributed by atoms with Gasteiger partial charge in [-0.1, -0.05) is 26.0 Å².